The SMILES string of the molecule is Cc1cc(CC(=O)c2cccc(C#Cc3cnc4c(Nc5cnn(C)c5)cccn34)c2)ccc1CN1CCN(C)CC1. The molecule has 0 amide bonds. The zero-order valence-corrected chi connectivity index (χ0v) is 24.3. The molecule has 1 N–H and O–H groups in total. The van der Waals surface area contributed by atoms with Gasteiger partial charge >= 0.3 is 0 Å². The van der Waals surface area contributed by atoms with Gasteiger partial charge in [-0.3, -0.25) is 18.8 Å². The maximum Gasteiger partial charge on any atom is 0.167 e. The second-order valence-electron chi connectivity index (χ2n) is 11.1. The number of pyridine rings is 1. The lowest BCUT2D eigenvalue weighted by Crippen LogP contribution is -2.43. The van der Waals surface area contributed by atoms with Crippen molar-refractivity contribution < 1.29 is 4.79 Å². The first-order valence-electron chi connectivity index (χ1n) is 14.3. The number of nitrogens with zero attached hydrogens (tertiary/aromatic N) is 6. The number of piperazine rings is 1. The van der Waals surface area contributed by atoms with Crippen molar-refractivity contribution >= 4 is 22.8 Å². The van der Waals surface area contributed by atoms with Crippen LogP contribution >= 0.6 is 0 Å². The van der Waals surface area contributed by atoms with Crippen LogP contribution < -0.4 is 5.32 Å². The Kier molecular flexibility index (Phi) is 7.87. The van der Waals surface area contributed by atoms with Crippen LogP contribution in [0.3, 0.4) is 0 Å². The molecule has 4 heterocycles. The van der Waals surface area contributed by atoms with Crippen LogP contribution in [-0.2, 0) is 20.0 Å². The molecule has 6 rings (SSSR count). The smallest absolute Gasteiger partial charge is 0.167 e. The summed E-state index contributed by atoms with van der Waals surface area (Å²) in [6.45, 7) is 7.52. The van der Waals surface area contributed by atoms with Gasteiger partial charge in [0.05, 0.1) is 23.8 Å². The van der Waals surface area contributed by atoms with Crippen molar-refractivity contribution in [3.63, 3.8) is 0 Å². The van der Waals surface area contributed by atoms with Crippen molar-refractivity contribution in [2.75, 3.05) is 38.5 Å². The van der Waals surface area contributed by atoms with Crippen LogP contribution in [0.4, 0.5) is 11.4 Å². The molecule has 0 unspecified atom stereocenters. The molecule has 212 valence electrons. The van der Waals surface area contributed by atoms with E-state index in [0.29, 0.717) is 12.0 Å². The number of hydrogen-bond acceptors (Lipinski definition) is 6. The van der Waals surface area contributed by atoms with Crippen LogP contribution in [0, 0.1) is 18.8 Å². The zero-order valence-electron chi connectivity index (χ0n) is 24.3. The molecule has 0 spiro atoms. The minimum absolute atomic E-state index is 0.0887. The molecule has 3 aromatic heterocycles. The van der Waals surface area contributed by atoms with Gasteiger partial charge < -0.3 is 10.2 Å². The summed E-state index contributed by atoms with van der Waals surface area (Å²) < 4.78 is 3.70. The molecule has 0 radical (unpaired) electrons. The van der Waals surface area contributed by atoms with Gasteiger partial charge in [-0.1, -0.05) is 36.3 Å². The van der Waals surface area contributed by atoms with E-state index in [0.717, 1.165) is 66.6 Å². The average molecular weight is 558 g/mol. The summed E-state index contributed by atoms with van der Waals surface area (Å²) in [5.74, 6) is 6.55. The molecule has 5 aromatic rings. The number of likely N-dealkylation sites (N-methyl/N-ethyl adjacent to an activating group) is 1. The number of ketones is 1. The first kappa shape index (κ1) is 27.5. The quantitative estimate of drug-likeness (QED) is 0.231. The van der Waals surface area contributed by atoms with Crippen LogP contribution in [0.2, 0.25) is 0 Å². The van der Waals surface area contributed by atoms with E-state index >= 15 is 0 Å². The number of benzene rings is 2. The summed E-state index contributed by atoms with van der Waals surface area (Å²) >= 11 is 0. The van der Waals surface area contributed by atoms with Crippen molar-refractivity contribution in [3.05, 3.63) is 113 Å². The number of hydrogen-bond donors (Lipinski definition) is 1. The van der Waals surface area contributed by atoms with Crippen LogP contribution in [0.1, 0.15) is 38.3 Å². The van der Waals surface area contributed by atoms with E-state index < -0.39 is 0 Å². The molecule has 1 fully saturated rings. The van der Waals surface area contributed by atoms with Crippen molar-refractivity contribution in [1.29, 1.82) is 0 Å². The van der Waals surface area contributed by atoms with Gasteiger partial charge in [0.25, 0.3) is 0 Å². The van der Waals surface area contributed by atoms with Crippen molar-refractivity contribution in [2.24, 2.45) is 7.05 Å². The summed E-state index contributed by atoms with van der Waals surface area (Å²) in [5.41, 5.74) is 8.38. The molecule has 8 nitrogen and oxygen atoms in total. The Morgan fingerprint density at radius 2 is 1.83 bits per heavy atom. The van der Waals surface area contributed by atoms with Crippen molar-refractivity contribution in [3.8, 4) is 11.8 Å². The highest BCUT2D eigenvalue weighted by Crippen LogP contribution is 2.22. The number of anilines is 2. The standard InChI is InChI=1S/C34H35N7O/c1-25-18-27(9-11-29(25)23-40-16-14-38(2)15-17-40)20-33(42)28-7-4-6-26(19-28)10-12-31-22-35-34-32(8-5-13-41(31)34)37-30-21-36-39(3)24-30/h4-9,11,13,18-19,21-22,24,37H,14-17,20,23H2,1-3H3. The molecule has 1 saturated heterocycles. The number of aryl methyl sites for hydroxylation is 2. The van der Waals surface area contributed by atoms with E-state index in [4.69, 9.17) is 0 Å². The van der Waals surface area contributed by atoms with E-state index in [2.05, 4.69) is 69.2 Å². The Balaban J connectivity index is 1.13. The summed E-state index contributed by atoms with van der Waals surface area (Å²) in [6, 6.07) is 18.0. The Labute approximate surface area is 246 Å². The molecular formula is C34H35N7O. The zero-order chi connectivity index (χ0) is 29.1. The molecule has 0 saturated carbocycles. The fraction of sp³-hybridized carbons (Fsp3) is 0.265. The highest BCUT2D eigenvalue weighted by Gasteiger charge is 2.15. The van der Waals surface area contributed by atoms with Gasteiger partial charge in [0.1, 0.15) is 5.69 Å². The fourth-order valence-electron chi connectivity index (χ4n) is 5.33. The molecular weight excluding hydrogens is 522 g/mol. The number of Topliss-reactive ketones (excluding diaryl/α,β-unsaturated/α-hetero) is 1. The summed E-state index contributed by atoms with van der Waals surface area (Å²) in [6.07, 6.45) is 7.76. The van der Waals surface area contributed by atoms with E-state index in [1.54, 1.807) is 17.1 Å². The molecule has 1 aliphatic rings. The molecule has 42 heavy (non-hydrogen) atoms. The Morgan fingerprint density at radius 3 is 2.62 bits per heavy atom. The molecule has 0 aliphatic carbocycles. The Hall–Kier alpha value is -4.71. The van der Waals surface area contributed by atoms with Gasteiger partial charge in [0.2, 0.25) is 0 Å². The van der Waals surface area contributed by atoms with E-state index in [1.165, 1.54) is 11.1 Å². The second-order valence-corrected chi connectivity index (χ2v) is 11.1. The lowest BCUT2D eigenvalue weighted by atomic mass is 9.98. The number of imidazole rings is 1. The molecule has 0 atom stereocenters. The largest absolute Gasteiger partial charge is 0.350 e. The number of aromatic nitrogens is 4. The number of fused-ring (bicyclic) bond motifs is 1. The van der Waals surface area contributed by atoms with E-state index in [-0.39, 0.29) is 5.78 Å². The first-order chi connectivity index (χ1) is 20.4. The third kappa shape index (κ3) is 6.28. The topological polar surface area (TPSA) is 70.7 Å². The molecule has 8 heteroatoms. The normalized spacial score (nSPS) is 14.1. The Morgan fingerprint density at radius 1 is 0.976 bits per heavy atom. The van der Waals surface area contributed by atoms with Gasteiger partial charge in [0, 0.05) is 69.7 Å². The maximum atomic E-state index is 13.2. The predicted molar refractivity (Wildman–Crippen MR) is 166 cm³/mol. The third-order valence-electron chi connectivity index (χ3n) is 7.80. The molecule has 2 aromatic carbocycles. The summed E-state index contributed by atoms with van der Waals surface area (Å²) in [5, 5.41) is 7.58. The first-order valence-corrected chi connectivity index (χ1v) is 14.3. The monoisotopic (exact) mass is 557 g/mol. The van der Waals surface area contributed by atoms with Crippen molar-refractivity contribution in [1.82, 2.24) is 29.0 Å². The summed E-state index contributed by atoms with van der Waals surface area (Å²) in [4.78, 5) is 22.7. The third-order valence-corrected chi connectivity index (χ3v) is 7.80. The number of carbonyl (C=O) groups is 1. The summed E-state index contributed by atoms with van der Waals surface area (Å²) in [7, 11) is 4.06. The lowest BCUT2D eigenvalue weighted by Gasteiger charge is -2.32. The van der Waals surface area contributed by atoms with Crippen LogP contribution in [0.15, 0.2) is 79.4 Å². The van der Waals surface area contributed by atoms with Gasteiger partial charge in [-0.25, -0.2) is 4.98 Å². The van der Waals surface area contributed by atoms with E-state index in [9.17, 15) is 4.79 Å². The molecule has 1 aliphatic heterocycles. The molecule has 0 bridgehead atoms. The number of carbonyl (C=O) groups excluding carboxylic acids is 1. The van der Waals surface area contributed by atoms with Crippen LogP contribution in [0.5, 0.6) is 0 Å². The highest BCUT2D eigenvalue weighted by molar-refractivity contribution is 5.97. The minimum atomic E-state index is 0.0887. The Bertz CT molecular complexity index is 1800. The number of rotatable bonds is 7. The lowest BCUT2D eigenvalue weighted by molar-refractivity contribution is 0.0993. The van der Waals surface area contributed by atoms with Gasteiger partial charge in [-0.05, 0) is 60.8 Å². The number of nitrogens with one attached hydrogen (secondary N) is 1. The minimum Gasteiger partial charge on any atom is -0.350 e. The van der Waals surface area contributed by atoms with Gasteiger partial charge in [-0.15, -0.1) is 0 Å². The maximum absolute atomic E-state index is 13.2. The van der Waals surface area contributed by atoms with Crippen LogP contribution in [-0.4, -0.2) is 68.0 Å². The second kappa shape index (κ2) is 12.0. The fourth-order valence-corrected chi connectivity index (χ4v) is 5.33. The van der Waals surface area contributed by atoms with Crippen LogP contribution in [0.25, 0.3) is 5.65 Å². The van der Waals surface area contributed by atoms with Gasteiger partial charge in [-0.2, -0.15) is 5.10 Å². The van der Waals surface area contributed by atoms with Crippen molar-refractivity contribution in [2.45, 2.75) is 19.9 Å². The van der Waals surface area contributed by atoms with Gasteiger partial charge in [0.15, 0.2) is 11.4 Å². The average Bonchev–Trinajstić information content (AvgIpc) is 3.60. The van der Waals surface area contributed by atoms with E-state index in [1.807, 2.05) is 60.2 Å². The highest BCUT2D eigenvalue weighted by atomic mass is 16.1. The predicted octanol–water partition coefficient (Wildman–Crippen LogP) is 4.69.